The third kappa shape index (κ3) is 3.35. The molecule has 0 unspecified atom stereocenters. The Morgan fingerprint density at radius 1 is 1.47 bits per heavy atom. The van der Waals surface area contributed by atoms with Gasteiger partial charge in [-0.1, -0.05) is 11.6 Å². The van der Waals surface area contributed by atoms with Crippen LogP contribution in [0.25, 0.3) is 0 Å². The van der Waals surface area contributed by atoms with Crippen molar-refractivity contribution in [3.63, 3.8) is 0 Å². The predicted octanol–water partition coefficient (Wildman–Crippen LogP) is 2.24. The van der Waals surface area contributed by atoms with E-state index in [0.29, 0.717) is 17.1 Å². The number of carbonyl (C=O) groups is 1. The minimum Gasteiger partial charge on any atom is -0.337 e. The summed E-state index contributed by atoms with van der Waals surface area (Å²) in [7, 11) is 0. The zero-order valence-corrected chi connectivity index (χ0v) is 11.2. The maximum absolute atomic E-state index is 12.1. The first-order valence-electron chi connectivity index (χ1n) is 5.38. The van der Waals surface area contributed by atoms with Gasteiger partial charge in [-0.15, -0.1) is 12.4 Å². The van der Waals surface area contributed by atoms with Gasteiger partial charge < -0.3 is 10.6 Å². The van der Waals surface area contributed by atoms with E-state index in [1.165, 1.54) is 0 Å². The first-order valence-corrected chi connectivity index (χ1v) is 5.76. The van der Waals surface area contributed by atoms with Crippen LogP contribution in [-0.4, -0.2) is 29.9 Å². The van der Waals surface area contributed by atoms with E-state index in [1.54, 1.807) is 11.0 Å². The monoisotopic (exact) mass is 274 g/mol. The first-order chi connectivity index (χ1) is 7.56. The molecule has 1 fully saturated rings. The molecule has 5 heteroatoms. The highest BCUT2D eigenvalue weighted by molar-refractivity contribution is 6.31. The minimum absolute atomic E-state index is 0. The molecule has 0 bridgehead atoms. The van der Waals surface area contributed by atoms with E-state index in [9.17, 15) is 4.79 Å². The smallest absolute Gasteiger partial charge is 0.253 e. The van der Waals surface area contributed by atoms with Gasteiger partial charge in [-0.05, 0) is 37.1 Å². The number of hydrogen-bond donors (Lipinski definition) is 1. The molecule has 94 valence electrons. The number of hydrogen-bond acceptors (Lipinski definition) is 2. The highest BCUT2D eigenvalue weighted by atomic mass is 35.5. The van der Waals surface area contributed by atoms with Crippen LogP contribution in [0.5, 0.6) is 0 Å². The van der Waals surface area contributed by atoms with Crippen molar-refractivity contribution in [2.24, 2.45) is 5.73 Å². The lowest BCUT2D eigenvalue weighted by Crippen LogP contribution is -2.31. The molecule has 1 saturated heterocycles. The maximum Gasteiger partial charge on any atom is 0.253 e. The van der Waals surface area contributed by atoms with E-state index in [1.807, 2.05) is 19.1 Å². The fourth-order valence-electron chi connectivity index (χ4n) is 2.01. The minimum atomic E-state index is 0. The van der Waals surface area contributed by atoms with Gasteiger partial charge in [0.2, 0.25) is 0 Å². The van der Waals surface area contributed by atoms with E-state index in [-0.39, 0.29) is 24.4 Å². The number of benzene rings is 1. The Kier molecular flexibility index (Phi) is 4.80. The Bertz CT molecular complexity index is 403. The predicted molar refractivity (Wildman–Crippen MR) is 71.9 cm³/mol. The van der Waals surface area contributed by atoms with Crippen molar-refractivity contribution in [3.05, 3.63) is 34.3 Å². The summed E-state index contributed by atoms with van der Waals surface area (Å²) in [5.74, 6) is 0.0264. The van der Waals surface area contributed by atoms with Gasteiger partial charge in [0.1, 0.15) is 0 Å². The van der Waals surface area contributed by atoms with Gasteiger partial charge in [-0.2, -0.15) is 0 Å². The topological polar surface area (TPSA) is 46.3 Å². The second-order valence-corrected chi connectivity index (χ2v) is 4.75. The van der Waals surface area contributed by atoms with Gasteiger partial charge in [-0.3, -0.25) is 4.79 Å². The van der Waals surface area contributed by atoms with Crippen molar-refractivity contribution in [3.8, 4) is 0 Å². The van der Waals surface area contributed by atoms with Crippen molar-refractivity contribution < 1.29 is 4.79 Å². The number of likely N-dealkylation sites (tertiary alicyclic amines) is 1. The Labute approximate surface area is 112 Å². The molecule has 0 aromatic heterocycles. The number of nitrogens with zero attached hydrogens (tertiary/aromatic N) is 1. The zero-order chi connectivity index (χ0) is 11.7. The first kappa shape index (κ1) is 14.3. The number of aryl methyl sites for hydroxylation is 1. The summed E-state index contributed by atoms with van der Waals surface area (Å²) in [6.45, 7) is 3.31. The van der Waals surface area contributed by atoms with Gasteiger partial charge in [-0.25, -0.2) is 0 Å². The van der Waals surface area contributed by atoms with E-state index in [2.05, 4.69) is 0 Å². The quantitative estimate of drug-likeness (QED) is 0.854. The summed E-state index contributed by atoms with van der Waals surface area (Å²) in [5.41, 5.74) is 7.43. The Morgan fingerprint density at radius 3 is 2.71 bits per heavy atom. The summed E-state index contributed by atoms with van der Waals surface area (Å²) in [4.78, 5) is 13.9. The Balaban J connectivity index is 0.00000144. The number of amides is 1. The van der Waals surface area contributed by atoms with Crippen LogP contribution in [0.2, 0.25) is 5.02 Å². The van der Waals surface area contributed by atoms with Gasteiger partial charge in [0.25, 0.3) is 5.91 Å². The van der Waals surface area contributed by atoms with Gasteiger partial charge in [0.15, 0.2) is 0 Å². The number of halogens is 2. The van der Waals surface area contributed by atoms with Crippen molar-refractivity contribution in [1.29, 1.82) is 0 Å². The molecular weight excluding hydrogens is 259 g/mol. The lowest BCUT2D eigenvalue weighted by molar-refractivity contribution is 0.0791. The molecule has 1 aromatic rings. The van der Waals surface area contributed by atoms with Crippen molar-refractivity contribution in [2.75, 3.05) is 13.1 Å². The molecule has 1 amide bonds. The number of carbonyl (C=O) groups excluding carboxylic acids is 1. The summed E-state index contributed by atoms with van der Waals surface area (Å²) in [6.07, 6.45) is 0.880. The van der Waals surface area contributed by atoms with Crippen LogP contribution in [-0.2, 0) is 0 Å². The van der Waals surface area contributed by atoms with E-state index < -0.39 is 0 Å². The number of nitrogens with two attached hydrogens (primary N) is 1. The second kappa shape index (κ2) is 5.71. The third-order valence-electron chi connectivity index (χ3n) is 2.80. The van der Waals surface area contributed by atoms with Gasteiger partial charge in [0.05, 0.1) is 0 Å². The number of rotatable bonds is 1. The molecule has 0 saturated carbocycles. The van der Waals surface area contributed by atoms with Crippen LogP contribution >= 0.6 is 24.0 Å². The largest absolute Gasteiger partial charge is 0.337 e. The van der Waals surface area contributed by atoms with Crippen molar-refractivity contribution in [2.45, 2.75) is 19.4 Å². The van der Waals surface area contributed by atoms with E-state index >= 15 is 0 Å². The average Bonchev–Trinajstić information content (AvgIpc) is 2.62. The fraction of sp³-hybridized carbons (Fsp3) is 0.417. The highest BCUT2D eigenvalue weighted by Gasteiger charge is 2.24. The molecule has 3 nitrogen and oxygen atoms in total. The second-order valence-electron chi connectivity index (χ2n) is 4.32. The molecule has 1 aromatic carbocycles. The van der Waals surface area contributed by atoms with Gasteiger partial charge >= 0.3 is 0 Å². The summed E-state index contributed by atoms with van der Waals surface area (Å²) < 4.78 is 0. The molecule has 0 spiro atoms. The van der Waals surface area contributed by atoms with Crippen LogP contribution in [0.3, 0.4) is 0 Å². The summed E-state index contributed by atoms with van der Waals surface area (Å²) in [5, 5.41) is 0.604. The lowest BCUT2D eigenvalue weighted by Gasteiger charge is -2.16. The normalized spacial score (nSPS) is 19.0. The molecule has 17 heavy (non-hydrogen) atoms. The summed E-state index contributed by atoms with van der Waals surface area (Å²) in [6, 6.07) is 5.52. The van der Waals surface area contributed by atoms with Crippen LogP contribution in [0, 0.1) is 6.92 Å². The summed E-state index contributed by atoms with van der Waals surface area (Å²) >= 11 is 5.93. The Hall–Kier alpha value is -0.770. The maximum atomic E-state index is 12.1. The van der Waals surface area contributed by atoms with Crippen LogP contribution in [0.1, 0.15) is 22.3 Å². The molecule has 1 heterocycles. The van der Waals surface area contributed by atoms with Crippen molar-refractivity contribution in [1.82, 2.24) is 4.90 Å². The molecule has 1 atom stereocenters. The van der Waals surface area contributed by atoms with E-state index in [0.717, 1.165) is 18.5 Å². The molecule has 2 N–H and O–H groups in total. The molecule has 0 radical (unpaired) electrons. The SMILES string of the molecule is Cc1cc(Cl)cc(C(=O)N2CC[C@H](N)C2)c1.Cl. The van der Waals surface area contributed by atoms with E-state index in [4.69, 9.17) is 17.3 Å². The molecule has 0 aliphatic carbocycles. The molecule has 1 aliphatic rings. The molecule has 2 rings (SSSR count). The average molecular weight is 275 g/mol. The van der Waals surface area contributed by atoms with Crippen LogP contribution in [0.15, 0.2) is 18.2 Å². The molecular formula is C12H16Cl2N2O. The van der Waals surface area contributed by atoms with Crippen LogP contribution in [0.4, 0.5) is 0 Å². The molecule has 1 aliphatic heterocycles. The Morgan fingerprint density at radius 2 is 2.18 bits per heavy atom. The van der Waals surface area contributed by atoms with Crippen molar-refractivity contribution >= 4 is 29.9 Å². The van der Waals surface area contributed by atoms with Gasteiger partial charge in [0, 0.05) is 29.7 Å². The zero-order valence-electron chi connectivity index (χ0n) is 9.65. The lowest BCUT2D eigenvalue weighted by atomic mass is 10.1. The fourth-order valence-corrected chi connectivity index (χ4v) is 2.30. The highest BCUT2D eigenvalue weighted by Crippen LogP contribution is 2.18. The third-order valence-corrected chi connectivity index (χ3v) is 3.02. The van der Waals surface area contributed by atoms with Crippen LogP contribution < -0.4 is 5.73 Å². The standard InChI is InChI=1S/C12H15ClN2O.ClH/c1-8-4-9(6-10(13)5-8)12(16)15-3-2-11(14)7-15;/h4-6,11H,2-3,7,14H2,1H3;1H/t11-;/m0./s1.